The molecular formula is C18H26O7. The first kappa shape index (κ1) is 19.4. The van der Waals surface area contributed by atoms with Gasteiger partial charge in [0.2, 0.25) is 6.79 Å². The Morgan fingerprint density at radius 2 is 2.20 bits per heavy atom. The molecule has 0 saturated carbocycles. The average Bonchev–Trinajstić information content (AvgIpc) is 2.63. The van der Waals surface area contributed by atoms with Crippen molar-refractivity contribution in [1.29, 1.82) is 0 Å². The van der Waals surface area contributed by atoms with Gasteiger partial charge in [0.25, 0.3) is 0 Å². The fraction of sp³-hybridized carbons (Fsp3) is 0.556. The van der Waals surface area contributed by atoms with Crippen molar-refractivity contribution in [3.05, 3.63) is 31.0 Å². The van der Waals surface area contributed by atoms with E-state index in [2.05, 4.69) is 6.58 Å². The molecule has 1 aliphatic rings. The summed E-state index contributed by atoms with van der Waals surface area (Å²) in [5, 5.41) is 10.2. The SMILES string of the molecule is C=COCOc1ccc2c(c1)OCC(C)C(C)(C(O)OC)COCO2. The molecular weight excluding hydrogens is 328 g/mol. The fourth-order valence-corrected chi connectivity index (χ4v) is 2.46. The second-order valence-electron chi connectivity index (χ2n) is 6.12. The van der Waals surface area contributed by atoms with Crippen LogP contribution in [0.3, 0.4) is 0 Å². The minimum absolute atomic E-state index is 0.0366. The van der Waals surface area contributed by atoms with Gasteiger partial charge in [-0.3, -0.25) is 0 Å². The van der Waals surface area contributed by atoms with Crippen LogP contribution in [0.15, 0.2) is 31.0 Å². The molecule has 0 spiro atoms. The van der Waals surface area contributed by atoms with Crippen LogP contribution >= 0.6 is 0 Å². The molecule has 3 unspecified atom stereocenters. The molecule has 1 aromatic carbocycles. The summed E-state index contributed by atoms with van der Waals surface area (Å²) in [5.74, 6) is 1.62. The molecule has 140 valence electrons. The number of methoxy groups -OCH3 is 1. The van der Waals surface area contributed by atoms with Crippen LogP contribution in [0.2, 0.25) is 0 Å². The van der Waals surface area contributed by atoms with Crippen molar-refractivity contribution in [3.63, 3.8) is 0 Å². The summed E-state index contributed by atoms with van der Waals surface area (Å²) in [6.45, 7) is 8.05. The molecule has 7 heteroatoms. The number of aliphatic hydroxyl groups is 1. The quantitative estimate of drug-likeness (QED) is 0.478. The molecule has 0 saturated heterocycles. The van der Waals surface area contributed by atoms with Crippen molar-refractivity contribution < 1.29 is 33.5 Å². The van der Waals surface area contributed by atoms with Crippen molar-refractivity contribution in [3.8, 4) is 17.2 Å². The van der Waals surface area contributed by atoms with Crippen molar-refractivity contribution in [2.45, 2.75) is 20.1 Å². The zero-order valence-electron chi connectivity index (χ0n) is 14.9. The second kappa shape index (κ2) is 8.94. The van der Waals surface area contributed by atoms with Crippen molar-refractivity contribution >= 4 is 0 Å². The van der Waals surface area contributed by atoms with E-state index in [1.807, 2.05) is 13.8 Å². The highest BCUT2D eigenvalue weighted by atomic mass is 16.7. The Morgan fingerprint density at radius 3 is 2.92 bits per heavy atom. The van der Waals surface area contributed by atoms with Crippen molar-refractivity contribution in [2.24, 2.45) is 11.3 Å². The summed E-state index contributed by atoms with van der Waals surface area (Å²) in [6.07, 6.45) is 0.331. The maximum absolute atomic E-state index is 10.2. The first-order valence-corrected chi connectivity index (χ1v) is 8.05. The highest BCUT2D eigenvalue weighted by molar-refractivity contribution is 5.45. The van der Waals surface area contributed by atoms with Crippen LogP contribution in [0.25, 0.3) is 0 Å². The molecule has 3 atom stereocenters. The van der Waals surface area contributed by atoms with Gasteiger partial charge in [0.1, 0.15) is 5.75 Å². The minimum atomic E-state index is -0.976. The van der Waals surface area contributed by atoms with Crippen LogP contribution in [-0.2, 0) is 14.2 Å². The molecule has 0 fully saturated rings. The van der Waals surface area contributed by atoms with Crippen molar-refractivity contribution in [1.82, 2.24) is 0 Å². The molecule has 0 aliphatic carbocycles. The lowest BCUT2D eigenvalue weighted by Crippen LogP contribution is -2.45. The highest BCUT2D eigenvalue weighted by Gasteiger charge is 2.40. The lowest BCUT2D eigenvalue weighted by Gasteiger charge is -2.38. The third-order valence-corrected chi connectivity index (χ3v) is 4.44. The van der Waals surface area contributed by atoms with Crippen LogP contribution in [0.1, 0.15) is 13.8 Å². The molecule has 1 aliphatic heterocycles. The van der Waals surface area contributed by atoms with Gasteiger partial charge in [-0.05, 0) is 12.1 Å². The van der Waals surface area contributed by atoms with E-state index >= 15 is 0 Å². The Hall–Kier alpha value is -1.96. The fourth-order valence-electron chi connectivity index (χ4n) is 2.46. The molecule has 1 N–H and O–H groups in total. The maximum Gasteiger partial charge on any atom is 0.229 e. The molecule has 1 aromatic rings. The van der Waals surface area contributed by atoms with Gasteiger partial charge >= 0.3 is 0 Å². The van der Waals surface area contributed by atoms with Gasteiger partial charge in [-0.2, -0.15) is 0 Å². The van der Waals surface area contributed by atoms with E-state index in [0.717, 1.165) is 0 Å². The second-order valence-corrected chi connectivity index (χ2v) is 6.12. The summed E-state index contributed by atoms with van der Waals surface area (Å²) in [5.41, 5.74) is -0.637. The van der Waals surface area contributed by atoms with Gasteiger partial charge in [-0.25, -0.2) is 0 Å². The summed E-state index contributed by atoms with van der Waals surface area (Å²) in [7, 11) is 1.46. The summed E-state index contributed by atoms with van der Waals surface area (Å²) < 4.78 is 32.7. The molecule has 7 nitrogen and oxygen atoms in total. The number of aliphatic hydroxyl groups excluding tert-OH is 1. The van der Waals surface area contributed by atoms with E-state index < -0.39 is 11.7 Å². The highest BCUT2D eigenvalue weighted by Crippen LogP contribution is 2.37. The van der Waals surface area contributed by atoms with Crippen LogP contribution in [0.5, 0.6) is 17.2 Å². The topological polar surface area (TPSA) is 75.6 Å². The molecule has 0 radical (unpaired) electrons. The van der Waals surface area contributed by atoms with E-state index in [0.29, 0.717) is 23.9 Å². The number of ether oxygens (including phenoxy) is 6. The van der Waals surface area contributed by atoms with E-state index in [1.54, 1.807) is 18.2 Å². The Kier molecular flexibility index (Phi) is 6.92. The van der Waals surface area contributed by atoms with Crippen LogP contribution in [-0.4, -0.2) is 45.3 Å². The van der Waals surface area contributed by atoms with Crippen LogP contribution < -0.4 is 14.2 Å². The maximum atomic E-state index is 10.2. The molecule has 25 heavy (non-hydrogen) atoms. The lowest BCUT2D eigenvalue weighted by atomic mass is 9.78. The van der Waals surface area contributed by atoms with Gasteiger partial charge in [0.05, 0.1) is 19.5 Å². The zero-order chi connectivity index (χ0) is 18.3. The number of fused-ring (bicyclic) bond motifs is 1. The first-order chi connectivity index (χ1) is 12.0. The third-order valence-electron chi connectivity index (χ3n) is 4.44. The van der Waals surface area contributed by atoms with Crippen LogP contribution in [0.4, 0.5) is 0 Å². The van der Waals surface area contributed by atoms with E-state index in [9.17, 15) is 5.11 Å². The molecule has 1 heterocycles. The summed E-state index contributed by atoms with van der Waals surface area (Å²) in [4.78, 5) is 0. The Bertz CT molecular complexity index is 562. The lowest BCUT2D eigenvalue weighted by molar-refractivity contribution is -0.201. The number of benzene rings is 1. The first-order valence-electron chi connectivity index (χ1n) is 8.05. The van der Waals surface area contributed by atoms with E-state index in [-0.39, 0.29) is 26.1 Å². The van der Waals surface area contributed by atoms with Gasteiger partial charge in [0.15, 0.2) is 24.6 Å². The van der Waals surface area contributed by atoms with E-state index in [1.165, 1.54) is 13.4 Å². The molecule has 0 aromatic heterocycles. The van der Waals surface area contributed by atoms with Gasteiger partial charge < -0.3 is 33.5 Å². The Labute approximate surface area is 148 Å². The van der Waals surface area contributed by atoms with Crippen LogP contribution in [0, 0.1) is 11.3 Å². The number of hydrogen-bond donors (Lipinski definition) is 1. The standard InChI is InChI=1S/C18H26O7/c1-5-21-11-24-14-6-7-15-16(8-14)23-9-13(2)18(3,17(19)20-4)10-22-12-25-15/h5-8,13,17,19H,1,9-12H2,2-4H3. The Morgan fingerprint density at radius 1 is 1.40 bits per heavy atom. The summed E-state index contributed by atoms with van der Waals surface area (Å²) in [6, 6.07) is 5.22. The molecule has 0 bridgehead atoms. The molecule has 0 amide bonds. The zero-order valence-corrected chi connectivity index (χ0v) is 14.9. The minimum Gasteiger partial charge on any atom is -0.489 e. The normalized spacial score (nSPS) is 24.9. The third kappa shape index (κ3) is 4.78. The monoisotopic (exact) mass is 354 g/mol. The number of hydrogen-bond acceptors (Lipinski definition) is 7. The van der Waals surface area contributed by atoms with Crippen molar-refractivity contribution in [2.75, 3.05) is 33.9 Å². The largest absolute Gasteiger partial charge is 0.489 e. The van der Waals surface area contributed by atoms with Gasteiger partial charge in [0, 0.05) is 24.5 Å². The van der Waals surface area contributed by atoms with Gasteiger partial charge in [-0.1, -0.05) is 20.4 Å². The Balaban J connectivity index is 2.15. The predicted octanol–water partition coefficient (Wildman–Crippen LogP) is 2.54. The number of rotatable bonds is 6. The predicted molar refractivity (Wildman–Crippen MR) is 90.4 cm³/mol. The molecule has 2 rings (SSSR count). The summed E-state index contributed by atoms with van der Waals surface area (Å²) >= 11 is 0. The smallest absolute Gasteiger partial charge is 0.229 e. The van der Waals surface area contributed by atoms with Gasteiger partial charge in [-0.15, -0.1) is 0 Å². The van der Waals surface area contributed by atoms with E-state index in [4.69, 9.17) is 28.4 Å². The average molecular weight is 354 g/mol.